The van der Waals surface area contributed by atoms with Crippen molar-refractivity contribution < 1.29 is 4.39 Å². The minimum absolute atomic E-state index is 0.289. The van der Waals surface area contributed by atoms with Crippen LogP contribution in [0.4, 0.5) is 4.39 Å². The van der Waals surface area contributed by atoms with E-state index in [1.54, 1.807) is 24.3 Å². The van der Waals surface area contributed by atoms with E-state index in [4.69, 9.17) is 11.6 Å². The van der Waals surface area contributed by atoms with E-state index in [9.17, 15) is 4.39 Å². The Morgan fingerprint density at radius 3 is 2.83 bits per heavy atom. The van der Waals surface area contributed by atoms with Gasteiger partial charge in [0.2, 0.25) is 0 Å². The van der Waals surface area contributed by atoms with Crippen LogP contribution in [-0.2, 0) is 0 Å². The molecule has 0 saturated carbocycles. The van der Waals surface area contributed by atoms with Crippen molar-refractivity contribution in [1.82, 2.24) is 0 Å². The van der Waals surface area contributed by atoms with Gasteiger partial charge < -0.3 is 0 Å². The van der Waals surface area contributed by atoms with Crippen molar-refractivity contribution in [3.05, 3.63) is 54.4 Å². The SMILES string of the molecule is C=C/C=C(\Cl)c1cccc(F)c1. The van der Waals surface area contributed by atoms with Crippen LogP contribution in [-0.4, -0.2) is 0 Å². The maximum absolute atomic E-state index is 12.7. The lowest BCUT2D eigenvalue weighted by Crippen LogP contribution is -1.78. The first-order chi connectivity index (χ1) is 5.74. The van der Waals surface area contributed by atoms with Crippen molar-refractivity contribution in [3.8, 4) is 0 Å². The van der Waals surface area contributed by atoms with Crippen LogP contribution >= 0.6 is 11.6 Å². The third kappa shape index (κ3) is 2.21. The fraction of sp³-hybridized carbons (Fsp3) is 0. The number of hydrogen-bond donors (Lipinski definition) is 0. The van der Waals surface area contributed by atoms with Gasteiger partial charge in [0.1, 0.15) is 5.82 Å². The van der Waals surface area contributed by atoms with Gasteiger partial charge in [0.05, 0.1) is 0 Å². The maximum Gasteiger partial charge on any atom is 0.123 e. The van der Waals surface area contributed by atoms with Crippen molar-refractivity contribution in [1.29, 1.82) is 0 Å². The first-order valence-corrected chi connectivity index (χ1v) is 3.86. The molecule has 0 aromatic heterocycles. The van der Waals surface area contributed by atoms with E-state index in [1.165, 1.54) is 12.1 Å². The number of rotatable bonds is 2. The highest BCUT2D eigenvalue weighted by molar-refractivity contribution is 6.48. The molecule has 2 heteroatoms. The first kappa shape index (κ1) is 9.01. The van der Waals surface area contributed by atoms with E-state index in [1.807, 2.05) is 0 Å². The Morgan fingerprint density at radius 1 is 1.50 bits per heavy atom. The third-order valence-corrected chi connectivity index (χ3v) is 1.71. The number of benzene rings is 1. The quantitative estimate of drug-likeness (QED) is 0.614. The second-order valence-electron chi connectivity index (χ2n) is 2.26. The molecule has 0 aliphatic carbocycles. The van der Waals surface area contributed by atoms with Gasteiger partial charge in [-0.3, -0.25) is 0 Å². The summed E-state index contributed by atoms with van der Waals surface area (Å²) >= 11 is 5.80. The zero-order chi connectivity index (χ0) is 8.97. The van der Waals surface area contributed by atoms with Gasteiger partial charge in [-0.15, -0.1) is 0 Å². The van der Waals surface area contributed by atoms with Gasteiger partial charge in [-0.05, 0) is 23.8 Å². The largest absolute Gasteiger partial charge is 0.207 e. The molecule has 0 bridgehead atoms. The van der Waals surface area contributed by atoms with Crippen molar-refractivity contribution in [3.63, 3.8) is 0 Å². The molecular weight excluding hydrogens is 175 g/mol. The second-order valence-corrected chi connectivity index (χ2v) is 2.67. The molecule has 0 spiro atoms. The van der Waals surface area contributed by atoms with Crippen LogP contribution < -0.4 is 0 Å². The molecule has 62 valence electrons. The monoisotopic (exact) mass is 182 g/mol. The maximum atomic E-state index is 12.7. The summed E-state index contributed by atoms with van der Waals surface area (Å²) in [5.74, 6) is -0.289. The first-order valence-electron chi connectivity index (χ1n) is 3.48. The van der Waals surface area contributed by atoms with Crippen LogP contribution in [0.25, 0.3) is 5.03 Å². The fourth-order valence-electron chi connectivity index (χ4n) is 0.837. The molecule has 12 heavy (non-hydrogen) atoms. The molecule has 0 radical (unpaired) electrons. The zero-order valence-corrected chi connectivity index (χ0v) is 7.18. The molecule has 0 saturated heterocycles. The summed E-state index contributed by atoms with van der Waals surface area (Å²) in [5.41, 5.74) is 0.663. The summed E-state index contributed by atoms with van der Waals surface area (Å²) in [4.78, 5) is 0. The Balaban J connectivity index is 3.03. The molecule has 0 unspecified atom stereocenters. The van der Waals surface area contributed by atoms with Gasteiger partial charge in [-0.2, -0.15) is 0 Å². The van der Waals surface area contributed by atoms with Crippen molar-refractivity contribution in [2.24, 2.45) is 0 Å². The molecule has 0 amide bonds. The Morgan fingerprint density at radius 2 is 2.25 bits per heavy atom. The lowest BCUT2D eigenvalue weighted by Gasteiger charge is -1.96. The topological polar surface area (TPSA) is 0 Å². The van der Waals surface area contributed by atoms with Crippen molar-refractivity contribution in [2.75, 3.05) is 0 Å². The Kier molecular flexibility index (Phi) is 3.06. The van der Waals surface area contributed by atoms with Crippen LogP contribution in [0.1, 0.15) is 5.56 Å². The number of halogens is 2. The van der Waals surface area contributed by atoms with E-state index in [0.717, 1.165) is 0 Å². The van der Waals surface area contributed by atoms with Crippen LogP contribution in [0.3, 0.4) is 0 Å². The Hall–Kier alpha value is -1.08. The van der Waals surface area contributed by atoms with E-state index in [2.05, 4.69) is 6.58 Å². The molecule has 0 nitrogen and oxygen atoms in total. The zero-order valence-electron chi connectivity index (χ0n) is 6.43. The molecular formula is C10H8ClF. The Labute approximate surface area is 76.0 Å². The summed E-state index contributed by atoms with van der Waals surface area (Å²) in [6.45, 7) is 3.49. The average Bonchev–Trinajstić information content (AvgIpc) is 2.05. The molecule has 1 aromatic carbocycles. The van der Waals surface area contributed by atoms with Crippen LogP contribution in [0.5, 0.6) is 0 Å². The second kappa shape index (κ2) is 4.07. The summed E-state index contributed by atoms with van der Waals surface area (Å²) in [6, 6.07) is 6.11. The van der Waals surface area contributed by atoms with Crippen LogP contribution in [0.15, 0.2) is 43.0 Å². The summed E-state index contributed by atoms with van der Waals surface area (Å²) < 4.78 is 12.7. The molecule has 0 fully saturated rings. The van der Waals surface area contributed by atoms with Crippen LogP contribution in [0, 0.1) is 5.82 Å². The molecule has 1 rings (SSSR count). The predicted molar refractivity (Wildman–Crippen MR) is 50.4 cm³/mol. The van der Waals surface area contributed by atoms with E-state index < -0.39 is 0 Å². The van der Waals surface area contributed by atoms with Crippen molar-refractivity contribution >= 4 is 16.6 Å². The van der Waals surface area contributed by atoms with Gasteiger partial charge in [0, 0.05) is 5.03 Å². The van der Waals surface area contributed by atoms with Gasteiger partial charge in [0.25, 0.3) is 0 Å². The third-order valence-electron chi connectivity index (χ3n) is 1.36. The van der Waals surface area contributed by atoms with E-state index in [-0.39, 0.29) is 5.82 Å². The highest BCUT2D eigenvalue weighted by atomic mass is 35.5. The summed E-state index contributed by atoms with van der Waals surface area (Å²) in [6.07, 6.45) is 3.18. The molecule has 0 aliphatic rings. The van der Waals surface area contributed by atoms with Gasteiger partial charge in [0.15, 0.2) is 0 Å². The molecule has 1 aromatic rings. The van der Waals surface area contributed by atoms with Crippen LogP contribution in [0.2, 0.25) is 0 Å². The highest BCUT2D eigenvalue weighted by Gasteiger charge is 1.97. The summed E-state index contributed by atoms with van der Waals surface area (Å²) in [5, 5.41) is 0.490. The minimum Gasteiger partial charge on any atom is -0.207 e. The van der Waals surface area contributed by atoms with E-state index >= 15 is 0 Å². The summed E-state index contributed by atoms with van der Waals surface area (Å²) in [7, 11) is 0. The predicted octanol–water partition coefficient (Wildman–Crippen LogP) is 3.59. The smallest absolute Gasteiger partial charge is 0.123 e. The number of allylic oxidation sites excluding steroid dienone is 2. The number of hydrogen-bond acceptors (Lipinski definition) is 0. The van der Waals surface area contributed by atoms with Gasteiger partial charge >= 0.3 is 0 Å². The highest BCUT2D eigenvalue weighted by Crippen LogP contribution is 2.18. The molecule has 0 atom stereocenters. The fourth-order valence-corrected chi connectivity index (χ4v) is 1.04. The normalized spacial score (nSPS) is 11.3. The minimum atomic E-state index is -0.289. The molecule has 0 aliphatic heterocycles. The lowest BCUT2D eigenvalue weighted by molar-refractivity contribution is 0.627. The molecule has 0 heterocycles. The van der Waals surface area contributed by atoms with Gasteiger partial charge in [-0.25, -0.2) is 4.39 Å². The standard InChI is InChI=1S/C10H8ClF/c1-2-4-10(11)8-5-3-6-9(12)7-8/h2-7H,1H2/b10-4-. The molecule has 0 N–H and O–H groups in total. The Bertz CT molecular complexity index is 315. The average molecular weight is 183 g/mol. The lowest BCUT2D eigenvalue weighted by atomic mass is 10.2. The van der Waals surface area contributed by atoms with Gasteiger partial charge in [-0.1, -0.05) is 36.4 Å². The van der Waals surface area contributed by atoms with Crippen molar-refractivity contribution in [2.45, 2.75) is 0 Å². The van der Waals surface area contributed by atoms with E-state index in [0.29, 0.717) is 10.6 Å².